The molecule has 0 fully saturated rings. The Labute approximate surface area is 145 Å². The quantitative estimate of drug-likeness (QED) is 0.720. The van der Waals surface area contributed by atoms with Crippen molar-refractivity contribution in [3.63, 3.8) is 0 Å². The number of pyridine rings is 1. The van der Waals surface area contributed by atoms with Gasteiger partial charge in [0.05, 0.1) is 18.5 Å². The Balaban J connectivity index is 1.76. The Bertz CT molecular complexity index is 860. The van der Waals surface area contributed by atoms with Gasteiger partial charge in [-0.05, 0) is 11.1 Å². The molecule has 0 spiro atoms. The third-order valence-electron chi connectivity index (χ3n) is 3.67. The van der Waals surface area contributed by atoms with Crippen LogP contribution < -0.4 is 15.0 Å². The molecule has 0 saturated heterocycles. The standard InChI is InChI=1S/C20H19NO4/c22-13-18-11-19(23)20(24-14-16-7-3-1-4-8-16)12-21(18)25-15-17-9-5-2-6-10-17/h1-12,22H,13-15H2. The highest BCUT2D eigenvalue weighted by Crippen LogP contribution is 2.10. The Morgan fingerprint density at radius 2 is 1.48 bits per heavy atom. The Morgan fingerprint density at radius 3 is 2.08 bits per heavy atom. The lowest BCUT2D eigenvalue weighted by atomic mass is 10.2. The molecule has 5 heteroatoms. The number of nitrogens with zero attached hydrogens (tertiary/aromatic N) is 1. The minimum atomic E-state index is -0.303. The first-order valence-electron chi connectivity index (χ1n) is 7.96. The van der Waals surface area contributed by atoms with Gasteiger partial charge in [-0.3, -0.25) is 4.79 Å². The van der Waals surface area contributed by atoms with Gasteiger partial charge in [-0.25, -0.2) is 0 Å². The minimum Gasteiger partial charge on any atom is -0.483 e. The molecule has 0 radical (unpaired) electrons. The van der Waals surface area contributed by atoms with E-state index in [1.807, 2.05) is 60.7 Å². The number of rotatable bonds is 7. The lowest BCUT2D eigenvalue weighted by molar-refractivity contribution is 0.0769. The van der Waals surface area contributed by atoms with E-state index in [2.05, 4.69) is 0 Å². The predicted octanol–water partition coefficient (Wildman–Crippen LogP) is 2.55. The van der Waals surface area contributed by atoms with E-state index < -0.39 is 0 Å². The third-order valence-corrected chi connectivity index (χ3v) is 3.67. The van der Waals surface area contributed by atoms with Gasteiger partial charge in [0.15, 0.2) is 5.75 Å². The van der Waals surface area contributed by atoms with Crippen LogP contribution in [0.4, 0.5) is 0 Å². The average Bonchev–Trinajstić information content (AvgIpc) is 2.67. The third kappa shape index (κ3) is 4.49. The molecule has 0 aliphatic carbocycles. The lowest BCUT2D eigenvalue weighted by Crippen LogP contribution is -2.21. The summed E-state index contributed by atoms with van der Waals surface area (Å²) in [6.07, 6.45) is 1.47. The molecule has 3 rings (SSSR count). The summed E-state index contributed by atoms with van der Waals surface area (Å²) >= 11 is 0. The van der Waals surface area contributed by atoms with Crippen LogP contribution in [0.25, 0.3) is 0 Å². The minimum absolute atomic E-state index is 0.175. The van der Waals surface area contributed by atoms with Gasteiger partial charge >= 0.3 is 0 Å². The van der Waals surface area contributed by atoms with E-state index in [-0.39, 0.29) is 24.4 Å². The number of benzene rings is 2. The van der Waals surface area contributed by atoms with Crippen molar-refractivity contribution in [2.24, 2.45) is 0 Å². The van der Waals surface area contributed by atoms with Crippen LogP contribution in [0.3, 0.4) is 0 Å². The number of hydrogen-bond acceptors (Lipinski definition) is 4. The van der Waals surface area contributed by atoms with Crippen molar-refractivity contribution in [1.29, 1.82) is 0 Å². The first-order chi connectivity index (χ1) is 12.3. The smallest absolute Gasteiger partial charge is 0.224 e. The van der Waals surface area contributed by atoms with E-state index in [9.17, 15) is 9.90 Å². The second kappa shape index (κ2) is 8.17. The van der Waals surface area contributed by atoms with Gasteiger partial charge < -0.3 is 14.7 Å². The van der Waals surface area contributed by atoms with Crippen molar-refractivity contribution in [2.75, 3.05) is 0 Å². The number of aliphatic hydroxyl groups is 1. The number of hydrogen-bond donors (Lipinski definition) is 1. The van der Waals surface area contributed by atoms with E-state index in [1.54, 1.807) is 0 Å². The number of aromatic nitrogens is 1. The molecule has 1 aromatic heterocycles. The molecule has 0 unspecified atom stereocenters. The molecule has 3 aromatic rings. The summed E-state index contributed by atoms with van der Waals surface area (Å²) in [7, 11) is 0. The lowest BCUT2D eigenvalue weighted by Gasteiger charge is -2.15. The highest BCUT2D eigenvalue weighted by atomic mass is 16.7. The fraction of sp³-hybridized carbons (Fsp3) is 0.150. The van der Waals surface area contributed by atoms with Crippen LogP contribution in [0, 0.1) is 0 Å². The summed E-state index contributed by atoms with van der Waals surface area (Å²) in [5.74, 6) is 0.175. The molecule has 0 saturated carbocycles. The van der Waals surface area contributed by atoms with Crippen molar-refractivity contribution in [2.45, 2.75) is 19.8 Å². The van der Waals surface area contributed by atoms with Crippen LogP contribution >= 0.6 is 0 Å². The van der Waals surface area contributed by atoms with Crippen LogP contribution in [0.15, 0.2) is 77.7 Å². The van der Waals surface area contributed by atoms with Gasteiger partial charge in [-0.1, -0.05) is 60.7 Å². The summed E-state index contributed by atoms with van der Waals surface area (Å²) < 4.78 is 7.00. The molecule has 5 nitrogen and oxygen atoms in total. The van der Waals surface area contributed by atoms with Gasteiger partial charge in [0, 0.05) is 6.07 Å². The first kappa shape index (κ1) is 16.8. The van der Waals surface area contributed by atoms with E-state index in [0.717, 1.165) is 11.1 Å². The molecule has 2 aromatic carbocycles. The zero-order valence-electron chi connectivity index (χ0n) is 13.7. The Kier molecular flexibility index (Phi) is 5.49. The monoisotopic (exact) mass is 337 g/mol. The van der Waals surface area contributed by atoms with Crippen LogP contribution in [0.5, 0.6) is 5.75 Å². The molecular weight excluding hydrogens is 318 g/mol. The second-order valence-electron chi connectivity index (χ2n) is 5.51. The summed E-state index contributed by atoms with van der Waals surface area (Å²) in [6, 6.07) is 20.6. The largest absolute Gasteiger partial charge is 0.483 e. The predicted molar refractivity (Wildman–Crippen MR) is 94.1 cm³/mol. The maximum Gasteiger partial charge on any atom is 0.224 e. The van der Waals surface area contributed by atoms with Gasteiger partial charge in [0.2, 0.25) is 5.43 Å². The van der Waals surface area contributed by atoms with E-state index in [4.69, 9.17) is 9.57 Å². The fourth-order valence-corrected chi connectivity index (χ4v) is 2.34. The normalized spacial score (nSPS) is 10.4. The molecule has 0 amide bonds. The van der Waals surface area contributed by atoms with Gasteiger partial charge in [-0.15, -0.1) is 0 Å². The van der Waals surface area contributed by atoms with E-state index >= 15 is 0 Å². The molecule has 0 bridgehead atoms. The molecule has 1 N–H and O–H groups in total. The van der Waals surface area contributed by atoms with Crippen molar-refractivity contribution >= 4 is 0 Å². The first-order valence-corrected chi connectivity index (χ1v) is 7.96. The summed E-state index contributed by atoms with van der Waals surface area (Å²) in [5.41, 5.74) is 2.02. The van der Waals surface area contributed by atoms with Crippen molar-refractivity contribution < 1.29 is 14.7 Å². The molecule has 0 aliphatic rings. The van der Waals surface area contributed by atoms with Crippen molar-refractivity contribution in [3.8, 4) is 5.75 Å². The highest BCUT2D eigenvalue weighted by molar-refractivity contribution is 5.22. The Hall–Kier alpha value is -3.05. The summed E-state index contributed by atoms with van der Waals surface area (Å²) in [5, 5.41) is 9.46. The molecule has 0 atom stereocenters. The van der Waals surface area contributed by atoms with Crippen molar-refractivity contribution in [3.05, 3.63) is 100.0 Å². The second-order valence-corrected chi connectivity index (χ2v) is 5.51. The topological polar surface area (TPSA) is 60.7 Å². The molecule has 0 aliphatic heterocycles. The zero-order chi connectivity index (χ0) is 17.5. The van der Waals surface area contributed by atoms with Crippen LogP contribution in [-0.2, 0) is 19.8 Å². The van der Waals surface area contributed by atoms with E-state index in [0.29, 0.717) is 12.3 Å². The van der Waals surface area contributed by atoms with Gasteiger partial charge in [0.25, 0.3) is 0 Å². The number of aliphatic hydroxyl groups excluding tert-OH is 1. The fourth-order valence-electron chi connectivity index (χ4n) is 2.34. The van der Waals surface area contributed by atoms with Crippen LogP contribution in [0.2, 0.25) is 0 Å². The van der Waals surface area contributed by atoms with Crippen LogP contribution in [0.1, 0.15) is 16.8 Å². The van der Waals surface area contributed by atoms with Gasteiger partial charge in [0.1, 0.15) is 13.2 Å². The molecule has 25 heavy (non-hydrogen) atoms. The van der Waals surface area contributed by atoms with Gasteiger partial charge in [-0.2, -0.15) is 4.73 Å². The Morgan fingerprint density at radius 1 is 0.880 bits per heavy atom. The molecule has 1 heterocycles. The average molecular weight is 337 g/mol. The SMILES string of the molecule is O=c1cc(CO)n(OCc2ccccc2)cc1OCc1ccccc1. The molecular formula is C20H19NO4. The zero-order valence-corrected chi connectivity index (χ0v) is 13.7. The summed E-state index contributed by atoms with van der Waals surface area (Å²) in [6.45, 7) is 0.297. The molecule has 128 valence electrons. The highest BCUT2D eigenvalue weighted by Gasteiger charge is 2.09. The summed E-state index contributed by atoms with van der Waals surface area (Å²) in [4.78, 5) is 17.8. The van der Waals surface area contributed by atoms with E-state index in [1.165, 1.54) is 17.0 Å². The van der Waals surface area contributed by atoms with Crippen molar-refractivity contribution in [1.82, 2.24) is 4.73 Å². The maximum absolute atomic E-state index is 12.1. The van der Waals surface area contributed by atoms with Crippen LogP contribution in [-0.4, -0.2) is 9.84 Å². The maximum atomic E-state index is 12.1. The number of ether oxygens (including phenoxy) is 1.